The van der Waals surface area contributed by atoms with Crippen molar-refractivity contribution in [2.75, 3.05) is 13.1 Å². The van der Waals surface area contributed by atoms with Gasteiger partial charge in [0.1, 0.15) is 0 Å². The minimum atomic E-state index is -1.03. The number of benzene rings is 2. The van der Waals surface area contributed by atoms with Crippen LogP contribution < -0.4 is 10.6 Å². The first kappa shape index (κ1) is 24.2. The van der Waals surface area contributed by atoms with Gasteiger partial charge in [-0.15, -0.1) is 0 Å². The van der Waals surface area contributed by atoms with E-state index < -0.39 is 8.91 Å². The first-order valence-electron chi connectivity index (χ1n) is 10.7. The van der Waals surface area contributed by atoms with E-state index in [1.165, 1.54) is 25.7 Å². The molecule has 1 aliphatic rings. The van der Waals surface area contributed by atoms with E-state index in [-0.39, 0.29) is 0 Å². The van der Waals surface area contributed by atoms with Gasteiger partial charge in [-0.2, -0.15) is 0 Å². The molecule has 0 aliphatic heterocycles. The summed E-state index contributed by atoms with van der Waals surface area (Å²) in [4.78, 5) is 0. The molecule has 0 atom stereocenters. The van der Waals surface area contributed by atoms with Crippen molar-refractivity contribution in [2.45, 2.75) is 47.4 Å². The third-order valence-electron chi connectivity index (χ3n) is 6.04. The summed E-state index contributed by atoms with van der Waals surface area (Å²) in [6, 6.07) is 19.5. The third-order valence-corrected chi connectivity index (χ3v) is 7.45. The molecule has 3 rings (SSSR count). The molecule has 1 aliphatic carbocycles. The number of hydrogen-bond donors (Lipinski definition) is 2. The molecule has 2 N–H and O–H groups in total. The van der Waals surface area contributed by atoms with Crippen molar-refractivity contribution in [3.05, 3.63) is 71.8 Å². The molecule has 0 spiro atoms. The lowest BCUT2D eigenvalue weighted by Gasteiger charge is -2.30. The average Bonchev–Trinajstić information content (AvgIpc) is 2.76. The van der Waals surface area contributed by atoms with E-state index in [4.69, 9.17) is 46.4 Å². The summed E-state index contributed by atoms with van der Waals surface area (Å²) >= 11 is 25.9. The lowest BCUT2D eigenvalue weighted by molar-refractivity contribution is 0.248. The van der Waals surface area contributed by atoms with Gasteiger partial charge in [0.2, 0.25) is 0 Å². The standard InChI is InChI=1S/C24H30Cl4N2/c25-23(26,21-7-3-1-4-8-21)29-17-15-19-11-13-20(14-12-19)16-18-30-24(27,28)22-9-5-2-6-10-22/h1-10,19-20,29-30H,11-18H2/t19-,20-. The second-order valence-electron chi connectivity index (χ2n) is 8.20. The Morgan fingerprint density at radius 1 is 0.600 bits per heavy atom. The zero-order valence-electron chi connectivity index (χ0n) is 17.1. The van der Waals surface area contributed by atoms with Crippen LogP contribution in [0.1, 0.15) is 49.7 Å². The maximum Gasteiger partial charge on any atom is 0.194 e. The lowest BCUT2D eigenvalue weighted by Crippen LogP contribution is -2.34. The SMILES string of the molecule is ClC(Cl)(NCC[C@H]1CC[C@H](CCNC(Cl)(Cl)c2ccccc2)CC1)c1ccccc1. The van der Waals surface area contributed by atoms with Gasteiger partial charge >= 0.3 is 0 Å². The molecular weight excluding hydrogens is 458 g/mol. The van der Waals surface area contributed by atoms with Gasteiger partial charge in [0, 0.05) is 11.1 Å². The molecule has 2 aromatic carbocycles. The highest BCUT2D eigenvalue weighted by Gasteiger charge is 2.28. The molecule has 0 radical (unpaired) electrons. The maximum atomic E-state index is 6.47. The van der Waals surface area contributed by atoms with E-state index in [2.05, 4.69) is 10.6 Å². The van der Waals surface area contributed by atoms with Crippen LogP contribution in [-0.2, 0) is 8.91 Å². The molecule has 0 unspecified atom stereocenters. The van der Waals surface area contributed by atoms with Crippen LogP contribution in [0.25, 0.3) is 0 Å². The second kappa shape index (κ2) is 11.4. The second-order valence-corrected chi connectivity index (χ2v) is 10.9. The van der Waals surface area contributed by atoms with Gasteiger partial charge in [-0.1, -0.05) is 133 Å². The van der Waals surface area contributed by atoms with Gasteiger partial charge in [-0.25, -0.2) is 0 Å². The van der Waals surface area contributed by atoms with Crippen molar-refractivity contribution in [1.82, 2.24) is 10.6 Å². The smallest absolute Gasteiger partial charge is 0.194 e. The van der Waals surface area contributed by atoms with Gasteiger partial charge in [0.05, 0.1) is 0 Å². The normalized spacial score (nSPS) is 20.3. The van der Waals surface area contributed by atoms with Crippen LogP contribution in [0.3, 0.4) is 0 Å². The van der Waals surface area contributed by atoms with Crippen LogP contribution in [0, 0.1) is 11.8 Å². The van der Waals surface area contributed by atoms with Gasteiger partial charge in [0.15, 0.2) is 8.91 Å². The molecule has 0 bridgehead atoms. The highest BCUT2D eigenvalue weighted by Crippen LogP contribution is 2.35. The summed E-state index contributed by atoms with van der Waals surface area (Å²) in [5, 5.41) is 6.58. The Morgan fingerprint density at radius 3 is 1.27 bits per heavy atom. The van der Waals surface area contributed by atoms with Crippen LogP contribution in [0.15, 0.2) is 60.7 Å². The molecule has 6 heteroatoms. The first-order chi connectivity index (χ1) is 14.4. The van der Waals surface area contributed by atoms with Crippen LogP contribution in [0.2, 0.25) is 0 Å². The van der Waals surface area contributed by atoms with Gasteiger partial charge in [-0.05, 0) is 37.8 Å². The van der Waals surface area contributed by atoms with E-state index >= 15 is 0 Å². The summed E-state index contributed by atoms with van der Waals surface area (Å²) < 4.78 is -2.06. The van der Waals surface area contributed by atoms with E-state index in [0.29, 0.717) is 0 Å². The van der Waals surface area contributed by atoms with Crippen LogP contribution in [0.5, 0.6) is 0 Å². The Balaban J connectivity index is 1.32. The lowest BCUT2D eigenvalue weighted by atomic mass is 9.79. The molecule has 1 saturated carbocycles. The Hall–Kier alpha value is -0.480. The summed E-state index contributed by atoms with van der Waals surface area (Å²) in [5.74, 6) is 1.46. The molecule has 0 heterocycles. The fourth-order valence-corrected chi connectivity index (χ4v) is 5.06. The molecule has 164 valence electrons. The number of nitrogens with one attached hydrogen (secondary N) is 2. The summed E-state index contributed by atoms with van der Waals surface area (Å²) in [6.07, 6.45) is 7.20. The van der Waals surface area contributed by atoms with Crippen molar-refractivity contribution in [2.24, 2.45) is 11.8 Å². The minimum absolute atomic E-state index is 0.728. The molecule has 1 fully saturated rings. The van der Waals surface area contributed by atoms with Crippen molar-refractivity contribution in [3.63, 3.8) is 0 Å². The fraction of sp³-hybridized carbons (Fsp3) is 0.500. The Morgan fingerprint density at radius 2 is 0.933 bits per heavy atom. The molecule has 2 aromatic rings. The Labute approximate surface area is 200 Å². The Kier molecular flexibility index (Phi) is 9.19. The average molecular weight is 488 g/mol. The van der Waals surface area contributed by atoms with Crippen LogP contribution >= 0.6 is 46.4 Å². The predicted molar refractivity (Wildman–Crippen MR) is 130 cm³/mol. The number of rotatable bonds is 10. The van der Waals surface area contributed by atoms with Gasteiger partial charge in [0.25, 0.3) is 0 Å². The van der Waals surface area contributed by atoms with E-state index in [1.807, 2.05) is 60.7 Å². The summed E-state index contributed by atoms with van der Waals surface area (Å²) in [6.45, 7) is 1.63. The highest BCUT2D eigenvalue weighted by atomic mass is 35.5. The zero-order valence-corrected chi connectivity index (χ0v) is 20.1. The molecule has 0 aromatic heterocycles. The minimum Gasteiger partial charge on any atom is -0.282 e. The largest absolute Gasteiger partial charge is 0.282 e. The Bertz CT molecular complexity index is 679. The topological polar surface area (TPSA) is 24.1 Å². The quantitative estimate of drug-likeness (QED) is 0.270. The molecule has 2 nitrogen and oxygen atoms in total. The molecular formula is C24H30Cl4N2. The van der Waals surface area contributed by atoms with Crippen molar-refractivity contribution in [3.8, 4) is 0 Å². The van der Waals surface area contributed by atoms with Crippen molar-refractivity contribution < 1.29 is 0 Å². The van der Waals surface area contributed by atoms with E-state index in [9.17, 15) is 0 Å². The van der Waals surface area contributed by atoms with Crippen molar-refractivity contribution in [1.29, 1.82) is 0 Å². The first-order valence-corrected chi connectivity index (χ1v) is 12.2. The van der Waals surface area contributed by atoms with E-state index in [1.54, 1.807) is 0 Å². The van der Waals surface area contributed by atoms with Gasteiger partial charge < -0.3 is 0 Å². The monoisotopic (exact) mass is 486 g/mol. The molecule has 0 saturated heterocycles. The summed E-state index contributed by atoms with van der Waals surface area (Å²) in [5.41, 5.74) is 1.77. The van der Waals surface area contributed by atoms with Crippen molar-refractivity contribution >= 4 is 46.4 Å². The summed E-state index contributed by atoms with van der Waals surface area (Å²) in [7, 11) is 0. The van der Waals surface area contributed by atoms with E-state index in [0.717, 1.165) is 48.9 Å². The number of alkyl halides is 4. The zero-order chi connectivity index (χ0) is 21.5. The highest BCUT2D eigenvalue weighted by molar-refractivity contribution is 6.48. The third kappa shape index (κ3) is 7.29. The predicted octanol–water partition coefficient (Wildman–Crippen LogP) is 7.33. The fourth-order valence-electron chi connectivity index (χ4n) is 4.17. The van der Waals surface area contributed by atoms with Crippen LogP contribution in [-0.4, -0.2) is 13.1 Å². The maximum absolute atomic E-state index is 6.47. The number of hydrogen-bond acceptors (Lipinski definition) is 2. The van der Waals surface area contributed by atoms with Crippen LogP contribution in [0.4, 0.5) is 0 Å². The number of halogens is 4. The molecule has 0 amide bonds. The van der Waals surface area contributed by atoms with Gasteiger partial charge in [-0.3, -0.25) is 10.6 Å². The molecule has 30 heavy (non-hydrogen) atoms.